The van der Waals surface area contributed by atoms with Gasteiger partial charge in [0.15, 0.2) is 23.0 Å². The fourth-order valence-corrected chi connectivity index (χ4v) is 4.49. The van der Waals surface area contributed by atoms with Gasteiger partial charge in [-0.2, -0.15) is 0 Å². The Bertz CT molecular complexity index is 1030. The van der Waals surface area contributed by atoms with Gasteiger partial charge in [0.2, 0.25) is 11.5 Å². The van der Waals surface area contributed by atoms with Crippen LogP contribution in [0.1, 0.15) is 38.0 Å². The predicted octanol–water partition coefficient (Wildman–Crippen LogP) is 4.23. The summed E-state index contributed by atoms with van der Waals surface area (Å²) in [6.07, 6.45) is -0.102. The summed E-state index contributed by atoms with van der Waals surface area (Å²) in [7, 11) is 5.81. The molecule has 0 saturated carbocycles. The molecule has 0 radical (unpaired) electrons. The van der Waals surface area contributed by atoms with Gasteiger partial charge in [0.1, 0.15) is 6.10 Å². The van der Waals surface area contributed by atoms with Gasteiger partial charge in [-0.3, -0.25) is 4.79 Å². The van der Waals surface area contributed by atoms with Gasteiger partial charge in [-0.1, -0.05) is 13.8 Å². The van der Waals surface area contributed by atoms with E-state index >= 15 is 0 Å². The molecule has 3 rings (SSSR count). The highest BCUT2D eigenvalue weighted by Crippen LogP contribution is 2.57. The number of phenols is 2. The van der Waals surface area contributed by atoms with Crippen LogP contribution < -0.4 is 18.9 Å². The Morgan fingerprint density at radius 1 is 0.844 bits per heavy atom. The monoisotopic (exact) mass is 446 g/mol. The first-order valence-electron chi connectivity index (χ1n) is 10.3. The summed E-state index contributed by atoms with van der Waals surface area (Å²) in [5, 5.41) is 21.3. The highest BCUT2D eigenvalue weighted by molar-refractivity contribution is 5.88. The van der Waals surface area contributed by atoms with E-state index in [0.717, 1.165) is 5.56 Å². The maximum Gasteiger partial charge on any atom is 0.303 e. The third kappa shape index (κ3) is 3.74. The Labute approximate surface area is 187 Å². The van der Waals surface area contributed by atoms with Gasteiger partial charge < -0.3 is 33.9 Å². The second kappa shape index (κ2) is 9.06. The molecule has 0 heterocycles. The molecule has 2 aromatic rings. The minimum absolute atomic E-state index is 0.0497. The maximum absolute atomic E-state index is 12.0. The topological polar surface area (TPSA) is 104 Å². The fraction of sp³-hybridized carbons (Fsp3) is 0.458. The van der Waals surface area contributed by atoms with Gasteiger partial charge in [-0.05, 0) is 30.0 Å². The molecular formula is C24H30O8. The summed E-state index contributed by atoms with van der Waals surface area (Å²) in [6, 6.07) is 3.18. The minimum Gasteiger partial charge on any atom is -0.504 e. The first-order valence-corrected chi connectivity index (χ1v) is 10.3. The van der Waals surface area contributed by atoms with Crippen molar-refractivity contribution in [2.24, 2.45) is 11.8 Å². The molecule has 1 aliphatic rings. The summed E-state index contributed by atoms with van der Waals surface area (Å²) in [5.74, 6) is 0.165. The van der Waals surface area contributed by atoms with E-state index in [1.165, 1.54) is 41.4 Å². The highest BCUT2D eigenvalue weighted by Gasteiger charge is 2.38. The minimum atomic E-state index is -0.666. The highest BCUT2D eigenvalue weighted by atomic mass is 16.5. The first-order chi connectivity index (χ1) is 15.2. The van der Waals surface area contributed by atoms with E-state index in [1.54, 1.807) is 6.07 Å². The van der Waals surface area contributed by atoms with Gasteiger partial charge in [0, 0.05) is 29.5 Å². The molecular weight excluding hydrogens is 416 g/mol. The van der Waals surface area contributed by atoms with Crippen molar-refractivity contribution in [2.75, 3.05) is 28.4 Å². The summed E-state index contributed by atoms with van der Waals surface area (Å²) in [5.41, 5.74) is 2.50. The van der Waals surface area contributed by atoms with Crippen LogP contribution in [0.4, 0.5) is 0 Å². The van der Waals surface area contributed by atoms with Crippen LogP contribution in [0.15, 0.2) is 12.1 Å². The second-order valence-corrected chi connectivity index (χ2v) is 7.99. The Kier molecular flexibility index (Phi) is 6.62. The maximum atomic E-state index is 12.0. The van der Waals surface area contributed by atoms with Crippen molar-refractivity contribution in [3.05, 3.63) is 23.3 Å². The third-order valence-corrected chi connectivity index (χ3v) is 6.13. The van der Waals surface area contributed by atoms with Crippen LogP contribution in [-0.2, 0) is 16.0 Å². The lowest BCUT2D eigenvalue weighted by Crippen LogP contribution is -2.26. The zero-order valence-electron chi connectivity index (χ0n) is 19.4. The van der Waals surface area contributed by atoms with Gasteiger partial charge >= 0.3 is 5.97 Å². The lowest BCUT2D eigenvalue weighted by molar-refractivity contribution is -0.150. The van der Waals surface area contributed by atoms with Crippen LogP contribution >= 0.6 is 0 Å². The lowest BCUT2D eigenvalue weighted by Gasteiger charge is -2.35. The molecule has 0 bridgehead atoms. The largest absolute Gasteiger partial charge is 0.504 e. The van der Waals surface area contributed by atoms with Crippen molar-refractivity contribution in [1.29, 1.82) is 0 Å². The van der Waals surface area contributed by atoms with E-state index in [-0.39, 0.29) is 40.6 Å². The van der Waals surface area contributed by atoms with Crippen LogP contribution in [0.3, 0.4) is 0 Å². The number of ether oxygens (including phenoxy) is 5. The van der Waals surface area contributed by atoms with E-state index < -0.39 is 12.1 Å². The molecule has 0 aromatic heterocycles. The third-order valence-electron chi connectivity index (χ3n) is 6.13. The number of carbonyl (C=O) groups excluding carboxylic acids is 1. The molecule has 0 saturated heterocycles. The van der Waals surface area contributed by atoms with Gasteiger partial charge in [0.25, 0.3) is 0 Å². The molecule has 0 aliphatic heterocycles. The number of methoxy groups -OCH3 is 4. The molecule has 0 spiro atoms. The van der Waals surface area contributed by atoms with Crippen LogP contribution in [0, 0.1) is 11.8 Å². The molecule has 0 fully saturated rings. The lowest BCUT2D eigenvalue weighted by atomic mass is 9.76. The van der Waals surface area contributed by atoms with Crippen molar-refractivity contribution >= 4 is 5.97 Å². The average molecular weight is 446 g/mol. The van der Waals surface area contributed by atoms with Crippen molar-refractivity contribution in [3.63, 3.8) is 0 Å². The Morgan fingerprint density at radius 2 is 1.34 bits per heavy atom. The summed E-state index contributed by atoms with van der Waals surface area (Å²) in [4.78, 5) is 12.0. The van der Waals surface area contributed by atoms with Crippen molar-refractivity contribution in [1.82, 2.24) is 0 Å². The quantitative estimate of drug-likeness (QED) is 0.658. The number of carbonyl (C=O) groups is 1. The Morgan fingerprint density at radius 3 is 1.84 bits per heavy atom. The molecule has 2 N–H and O–H groups in total. The number of hydrogen-bond donors (Lipinski definition) is 2. The number of benzene rings is 2. The molecule has 3 atom stereocenters. The van der Waals surface area contributed by atoms with Gasteiger partial charge in [-0.15, -0.1) is 0 Å². The van der Waals surface area contributed by atoms with Crippen LogP contribution in [0.5, 0.6) is 34.5 Å². The van der Waals surface area contributed by atoms with Gasteiger partial charge in [-0.25, -0.2) is 0 Å². The Hall–Kier alpha value is -3.29. The molecule has 1 aliphatic carbocycles. The summed E-state index contributed by atoms with van der Waals surface area (Å²) < 4.78 is 28.0. The Balaban J connectivity index is 2.56. The molecule has 32 heavy (non-hydrogen) atoms. The molecule has 174 valence electrons. The van der Waals surface area contributed by atoms with E-state index in [9.17, 15) is 15.0 Å². The summed E-state index contributed by atoms with van der Waals surface area (Å²) in [6.45, 7) is 5.39. The number of aromatic hydroxyl groups is 2. The standard InChI is InChI=1S/C24H30O8/c1-11-8-14-9-16(26)21(28-4)23(30-6)18(14)19-15(20(12(11)2)32-13(3)25)10-17(27)22(29-5)24(19)31-7/h9-12,20,26-27H,8H2,1-7H3/t11-,12-,20+/m0/s1. The molecule has 8 heteroatoms. The van der Waals surface area contributed by atoms with Crippen molar-refractivity contribution in [3.8, 4) is 45.6 Å². The smallest absolute Gasteiger partial charge is 0.303 e. The number of esters is 1. The van der Waals surface area contributed by atoms with Crippen LogP contribution in [0.25, 0.3) is 11.1 Å². The summed E-state index contributed by atoms with van der Waals surface area (Å²) >= 11 is 0. The zero-order chi connectivity index (χ0) is 23.7. The molecule has 2 aromatic carbocycles. The van der Waals surface area contributed by atoms with E-state index in [1.807, 2.05) is 13.8 Å². The number of hydrogen-bond acceptors (Lipinski definition) is 8. The van der Waals surface area contributed by atoms with E-state index in [0.29, 0.717) is 28.9 Å². The van der Waals surface area contributed by atoms with Crippen molar-refractivity contribution in [2.45, 2.75) is 33.3 Å². The fourth-order valence-electron chi connectivity index (χ4n) is 4.49. The van der Waals surface area contributed by atoms with Crippen LogP contribution in [0.2, 0.25) is 0 Å². The number of rotatable bonds is 5. The second-order valence-electron chi connectivity index (χ2n) is 7.99. The normalized spacial score (nSPS) is 19.7. The number of fused-ring (bicyclic) bond motifs is 3. The average Bonchev–Trinajstić information content (AvgIpc) is 2.75. The predicted molar refractivity (Wildman–Crippen MR) is 118 cm³/mol. The molecule has 0 amide bonds. The molecule has 8 nitrogen and oxygen atoms in total. The van der Waals surface area contributed by atoms with Crippen LogP contribution in [-0.4, -0.2) is 44.6 Å². The molecule has 0 unspecified atom stereocenters. The van der Waals surface area contributed by atoms with E-state index in [4.69, 9.17) is 23.7 Å². The van der Waals surface area contributed by atoms with Gasteiger partial charge in [0.05, 0.1) is 28.4 Å². The van der Waals surface area contributed by atoms with Crippen molar-refractivity contribution < 1.29 is 38.7 Å². The first kappa shape index (κ1) is 23.4. The van der Waals surface area contributed by atoms with E-state index in [2.05, 4.69) is 0 Å². The number of phenolic OH excluding ortho intramolecular Hbond substituents is 2. The SMILES string of the molecule is COc1c(O)cc2c(c1OC)-c1c(cc(O)c(OC)c1OC)[C@H](OC(C)=O)[C@@H](C)[C@@H](C)C2. The zero-order valence-corrected chi connectivity index (χ0v) is 19.4.